The van der Waals surface area contributed by atoms with Gasteiger partial charge in [-0.05, 0) is 23.9 Å². The summed E-state index contributed by atoms with van der Waals surface area (Å²) in [5.74, 6) is -0.242. The summed E-state index contributed by atoms with van der Waals surface area (Å²) in [6.45, 7) is 2.64. The summed E-state index contributed by atoms with van der Waals surface area (Å²) in [5, 5.41) is 1.21. The number of esters is 1. The highest BCUT2D eigenvalue weighted by Crippen LogP contribution is 2.15. The van der Waals surface area contributed by atoms with Gasteiger partial charge in [0.15, 0.2) is 0 Å². The maximum absolute atomic E-state index is 11.5. The van der Waals surface area contributed by atoms with Crippen LogP contribution < -0.4 is 0 Å². The van der Waals surface area contributed by atoms with Crippen molar-refractivity contribution >= 4 is 16.9 Å². The van der Waals surface area contributed by atoms with Crippen LogP contribution in [0.25, 0.3) is 10.9 Å². The Labute approximate surface area is 107 Å². The standard InChI is InChI=1S/C15H17NO2/c1-3-12(15(17)18-2)8-10-16-11-9-13-6-4-5-7-14(13)16/h4-9,11H,3,10H2,1-2H3. The first-order valence-electron chi connectivity index (χ1n) is 6.07. The number of rotatable bonds is 4. The molecule has 94 valence electrons. The van der Waals surface area contributed by atoms with Crippen LogP contribution in [0.15, 0.2) is 48.2 Å². The molecule has 18 heavy (non-hydrogen) atoms. The Kier molecular flexibility index (Phi) is 3.82. The van der Waals surface area contributed by atoms with Crippen molar-refractivity contribution in [1.29, 1.82) is 0 Å². The van der Waals surface area contributed by atoms with Crippen molar-refractivity contribution in [3.8, 4) is 0 Å². The van der Waals surface area contributed by atoms with Gasteiger partial charge in [-0.3, -0.25) is 0 Å². The highest BCUT2D eigenvalue weighted by atomic mass is 16.5. The third-order valence-corrected chi connectivity index (χ3v) is 3.04. The molecule has 3 nitrogen and oxygen atoms in total. The lowest BCUT2D eigenvalue weighted by Crippen LogP contribution is -2.05. The molecule has 2 aromatic rings. The highest BCUT2D eigenvalue weighted by molar-refractivity contribution is 5.88. The van der Waals surface area contributed by atoms with Crippen molar-refractivity contribution in [3.63, 3.8) is 0 Å². The summed E-state index contributed by atoms with van der Waals surface area (Å²) >= 11 is 0. The Bertz CT molecular complexity index is 581. The van der Waals surface area contributed by atoms with Crippen molar-refractivity contribution in [2.45, 2.75) is 19.9 Å². The van der Waals surface area contributed by atoms with Crippen molar-refractivity contribution in [1.82, 2.24) is 4.57 Å². The Balaban J connectivity index is 2.23. The number of methoxy groups -OCH3 is 1. The molecule has 0 saturated carbocycles. The van der Waals surface area contributed by atoms with E-state index >= 15 is 0 Å². The zero-order valence-electron chi connectivity index (χ0n) is 10.7. The fourth-order valence-corrected chi connectivity index (χ4v) is 2.01. The molecular weight excluding hydrogens is 226 g/mol. The summed E-state index contributed by atoms with van der Waals surface area (Å²) in [4.78, 5) is 11.5. The predicted octanol–water partition coefficient (Wildman–Crippen LogP) is 3.15. The van der Waals surface area contributed by atoms with Gasteiger partial charge >= 0.3 is 5.97 Å². The van der Waals surface area contributed by atoms with Crippen molar-refractivity contribution in [3.05, 3.63) is 48.2 Å². The van der Waals surface area contributed by atoms with Gasteiger partial charge < -0.3 is 9.30 Å². The van der Waals surface area contributed by atoms with E-state index in [0.29, 0.717) is 13.0 Å². The van der Waals surface area contributed by atoms with Crippen LogP contribution in [0.2, 0.25) is 0 Å². The number of benzene rings is 1. The molecule has 0 bridgehead atoms. The van der Waals surface area contributed by atoms with Crippen LogP contribution in [0.4, 0.5) is 0 Å². The molecule has 1 aromatic carbocycles. The van der Waals surface area contributed by atoms with Crippen molar-refractivity contribution in [2.75, 3.05) is 7.11 Å². The number of hydrogen-bond acceptors (Lipinski definition) is 2. The molecule has 0 atom stereocenters. The van der Waals surface area contributed by atoms with E-state index in [4.69, 9.17) is 4.74 Å². The molecule has 0 N–H and O–H groups in total. The summed E-state index contributed by atoms with van der Waals surface area (Å²) in [6.07, 6.45) is 4.65. The molecule has 0 aliphatic rings. The van der Waals surface area contributed by atoms with E-state index in [9.17, 15) is 4.79 Å². The Hall–Kier alpha value is -2.03. The number of nitrogens with zero attached hydrogens (tertiary/aromatic N) is 1. The molecule has 1 aromatic heterocycles. The maximum Gasteiger partial charge on any atom is 0.333 e. The van der Waals surface area contributed by atoms with Gasteiger partial charge in [0.2, 0.25) is 0 Å². The van der Waals surface area contributed by atoms with Crippen molar-refractivity contribution in [2.24, 2.45) is 0 Å². The van der Waals surface area contributed by atoms with Crippen molar-refractivity contribution < 1.29 is 9.53 Å². The van der Waals surface area contributed by atoms with Crippen LogP contribution in [-0.2, 0) is 16.1 Å². The van der Waals surface area contributed by atoms with Crippen LogP contribution in [0, 0.1) is 0 Å². The zero-order chi connectivity index (χ0) is 13.0. The summed E-state index contributed by atoms with van der Waals surface area (Å²) < 4.78 is 6.86. The SMILES string of the molecule is CCC(=CCn1ccc2ccccc21)C(=O)OC. The van der Waals surface area contributed by atoms with Gasteiger partial charge in [-0.25, -0.2) is 4.79 Å². The minimum absolute atomic E-state index is 0.242. The van der Waals surface area contributed by atoms with E-state index in [1.54, 1.807) is 0 Å². The number of carbonyl (C=O) groups is 1. The second-order valence-electron chi connectivity index (χ2n) is 4.10. The first-order valence-corrected chi connectivity index (χ1v) is 6.07. The number of hydrogen-bond donors (Lipinski definition) is 0. The van der Waals surface area contributed by atoms with Gasteiger partial charge in [-0.1, -0.05) is 31.2 Å². The lowest BCUT2D eigenvalue weighted by molar-refractivity contribution is -0.136. The molecule has 3 heteroatoms. The van der Waals surface area contributed by atoms with E-state index in [-0.39, 0.29) is 5.97 Å². The topological polar surface area (TPSA) is 31.2 Å². The zero-order valence-corrected chi connectivity index (χ0v) is 10.7. The summed E-state index contributed by atoms with van der Waals surface area (Å²) in [6, 6.07) is 10.3. The van der Waals surface area contributed by atoms with Crippen LogP contribution in [0.1, 0.15) is 13.3 Å². The maximum atomic E-state index is 11.5. The van der Waals surface area contributed by atoms with Gasteiger partial charge in [0.05, 0.1) is 7.11 Å². The number of carbonyl (C=O) groups excluding carboxylic acids is 1. The molecule has 1 heterocycles. The molecule has 0 saturated heterocycles. The number of ether oxygens (including phenoxy) is 1. The van der Waals surface area contributed by atoms with E-state index < -0.39 is 0 Å². The van der Waals surface area contributed by atoms with E-state index in [1.165, 1.54) is 18.0 Å². The van der Waals surface area contributed by atoms with Crippen LogP contribution in [0.5, 0.6) is 0 Å². The Morgan fingerprint density at radius 1 is 1.33 bits per heavy atom. The van der Waals surface area contributed by atoms with Gasteiger partial charge in [-0.2, -0.15) is 0 Å². The predicted molar refractivity (Wildman–Crippen MR) is 72.3 cm³/mol. The van der Waals surface area contributed by atoms with Crippen LogP contribution >= 0.6 is 0 Å². The third kappa shape index (κ3) is 2.45. The van der Waals surface area contributed by atoms with Gasteiger partial charge in [0.1, 0.15) is 0 Å². The minimum atomic E-state index is -0.242. The first-order chi connectivity index (χ1) is 8.76. The molecule has 2 rings (SSSR count). The molecule has 0 radical (unpaired) electrons. The van der Waals surface area contributed by atoms with Crippen LogP contribution in [-0.4, -0.2) is 17.6 Å². The van der Waals surface area contributed by atoms with Gasteiger partial charge in [-0.15, -0.1) is 0 Å². The summed E-state index contributed by atoms with van der Waals surface area (Å²) in [5.41, 5.74) is 1.89. The second-order valence-corrected chi connectivity index (χ2v) is 4.10. The molecular formula is C15H17NO2. The van der Waals surface area contributed by atoms with Gasteiger partial charge in [0.25, 0.3) is 0 Å². The Morgan fingerprint density at radius 3 is 2.83 bits per heavy atom. The fraction of sp³-hybridized carbons (Fsp3) is 0.267. The largest absolute Gasteiger partial charge is 0.466 e. The molecule has 0 spiro atoms. The number of allylic oxidation sites excluding steroid dienone is 1. The molecule has 0 fully saturated rings. The lowest BCUT2D eigenvalue weighted by atomic mass is 10.2. The molecule has 0 aliphatic heterocycles. The van der Waals surface area contributed by atoms with E-state index in [2.05, 4.69) is 22.8 Å². The average Bonchev–Trinajstić information content (AvgIpc) is 2.82. The lowest BCUT2D eigenvalue weighted by Gasteiger charge is -2.04. The number of fused-ring (bicyclic) bond motifs is 1. The minimum Gasteiger partial charge on any atom is -0.466 e. The molecule has 0 unspecified atom stereocenters. The molecule has 0 amide bonds. The van der Waals surface area contributed by atoms with E-state index in [0.717, 1.165) is 5.57 Å². The quantitative estimate of drug-likeness (QED) is 0.610. The second kappa shape index (κ2) is 5.54. The Morgan fingerprint density at radius 2 is 2.11 bits per heavy atom. The van der Waals surface area contributed by atoms with E-state index in [1.807, 2.05) is 31.3 Å². The average molecular weight is 243 g/mol. The number of aromatic nitrogens is 1. The smallest absolute Gasteiger partial charge is 0.333 e. The van der Waals surface area contributed by atoms with Gasteiger partial charge in [0, 0.05) is 23.8 Å². The summed E-state index contributed by atoms with van der Waals surface area (Å²) in [7, 11) is 1.41. The number of para-hydroxylation sites is 1. The monoisotopic (exact) mass is 243 g/mol. The third-order valence-electron chi connectivity index (χ3n) is 3.04. The fourth-order valence-electron chi connectivity index (χ4n) is 2.01. The molecule has 0 aliphatic carbocycles. The normalized spacial score (nSPS) is 11.8. The first kappa shape index (κ1) is 12.4. The highest BCUT2D eigenvalue weighted by Gasteiger charge is 2.06. The van der Waals surface area contributed by atoms with Crippen LogP contribution in [0.3, 0.4) is 0 Å².